The SMILES string of the molecule is CC(C)(O)CN1C[C@H]2NC[C@@H]3CC321. The second-order valence-corrected chi connectivity index (χ2v) is 5.55. The van der Waals surface area contributed by atoms with Crippen LogP contribution >= 0.6 is 0 Å². The smallest absolute Gasteiger partial charge is 0.0718 e. The molecule has 74 valence electrons. The molecule has 3 nitrogen and oxygen atoms in total. The number of piperidine rings is 1. The number of nitrogens with zero attached hydrogens (tertiary/aromatic N) is 1. The number of β-amino-alcohol motifs (C(OH)–C–C–N with tert-alkyl or cyclic N) is 1. The normalized spacial score (nSPS) is 48.2. The van der Waals surface area contributed by atoms with Crippen molar-refractivity contribution in [2.45, 2.75) is 37.5 Å². The van der Waals surface area contributed by atoms with Gasteiger partial charge in [-0.1, -0.05) is 0 Å². The molecule has 0 amide bonds. The predicted octanol–water partition coefficient (Wildman–Crippen LogP) is -0.197. The quantitative estimate of drug-likeness (QED) is 0.621. The number of nitrogens with one attached hydrogen (secondary N) is 1. The van der Waals surface area contributed by atoms with Crippen LogP contribution < -0.4 is 5.32 Å². The lowest BCUT2D eigenvalue weighted by Crippen LogP contribution is -2.67. The van der Waals surface area contributed by atoms with E-state index >= 15 is 0 Å². The van der Waals surface area contributed by atoms with Crippen LogP contribution in [0.4, 0.5) is 0 Å². The Morgan fingerprint density at radius 2 is 2.38 bits per heavy atom. The third-order valence-electron chi connectivity index (χ3n) is 3.90. The Bertz CT molecular complexity index is 248. The van der Waals surface area contributed by atoms with Crippen LogP contribution in [0.5, 0.6) is 0 Å². The van der Waals surface area contributed by atoms with Crippen LogP contribution in [-0.2, 0) is 0 Å². The first-order valence-corrected chi connectivity index (χ1v) is 5.23. The largest absolute Gasteiger partial charge is 0.389 e. The Labute approximate surface area is 79.1 Å². The van der Waals surface area contributed by atoms with E-state index in [-0.39, 0.29) is 0 Å². The summed E-state index contributed by atoms with van der Waals surface area (Å²) in [6, 6.07) is 0.736. The van der Waals surface area contributed by atoms with Crippen molar-refractivity contribution in [3.8, 4) is 0 Å². The molecule has 3 aliphatic rings. The van der Waals surface area contributed by atoms with Gasteiger partial charge >= 0.3 is 0 Å². The fourth-order valence-electron chi connectivity index (χ4n) is 3.26. The number of hydrogen-bond acceptors (Lipinski definition) is 3. The molecule has 1 unspecified atom stereocenters. The molecule has 3 rings (SSSR count). The summed E-state index contributed by atoms with van der Waals surface area (Å²) >= 11 is 0. The molecule has 3 heteroatoms. The van der Waals surface area contributed by atoms with Crippen molar-refractivity contribution >= 4 is 0 Å². The van der Waals surface area contributed by atoms with Gasteiger partial charge in [0.2, 0.25) is 0 Å². The highest BCUT2D eigenvalue weighted by atomic mass is 16.3. The maximum atomic E-state index is 9.74. The van der Waals surface area contributed by atoms with E-state index in [4.69, 9.17) is 0 Å². The molecule has 0 radical (unpaired) electrons. The van der Waals surface area contributed by atoms with Gasteiger partial charge in [0.15, 0.2) is 0 Å². The first-order valence-electron chi connectivity index (χ1n) is 5.23. The number of rotatable bonds is 2. The molecule has 3 atom stereocenters. The van der Waals surface area contributed by atoms with Gasteiger partial charge in [0, 0.05) is 31.2 Å². The lowest BCUT2D eigenvalue weighted by molar-refractivity contribution is -0.0396. The highest BCUT2D eigenvalue weighted by molar-refractivity contribution is 5.30. The van der Waals surface area contributed by atoms with E-state index in [1.54, 1.807) is 0 Å². The average Bonchev–Trinajstić information content (AvgIpc) is 2.65. The van der Waals surface area contributed by atoms with Crippen molar-refractivity contribution in [1.82, 2.24) is 10.2 Å². The number of likely N-dealkylation sites (tertiary alicyclic amines) is 1. The van der Waals surface area contributed by atoms with Gasteiger partial charge < -0.3 is 10.4 Å². The van der Waals surface area contributed by atoms with Crippen molar-refractivity contribution in [3.05, 3.63) is 0 Å². The first kappa shape index (κ1) is 8.21. The van der Waals surface area contributed by atoms with Gasteiger partial charge in [-0.3, -0.25) is 4.90 Å². The second kappa shape index (κ2) is 2.10. The zero-order valence-corrected chi connectivity index (χ0v) is 8.38. The molecule has 3 fully saturated rings. The monoisotopic (exact) mass is 182 g/mol. The average molecular weight is 182 g/mol. The summed E-state index contributed by atoms with van der Waals surface area (Å²) in [6.07, 6.45) is 1.36. The second-order valence-electron chi connectivity index (χ2n) is 5.55. The third kappa shape index (κ3) is 0.953. The minimum absolute atomic E-state index is 0.486. The van der Waals surface area contributed by atoms with Crippen LogP contribution in [-0.4, -0.2) is 46.8 Å². The summed E-state index contributed by atoms with van der Waals surface area (Å²) < 4.78 is 0. The summed E-state index contributed by atoms with van der Waals surface area (Å²) in [6.45, 7) is 6.97. The van der Waals surface area contributed by atoms with Crippen LogP contribution in [0.3, 0.4) is 0 Å². The maximum Gasteiger partial charge on any atom is 0.0718 e. The van der Waals surface area contributed by atoms with E-state index in [9.17, 15) is 5.11 Å². The van der Waals surface area contributed by atoms with Crippen LogP contribution in [0.15, 0.2) is 0 Å². The minimum atomic E-state index is -0.532. The van der Waals surface area contributed by atoms with Gasteiger partial charge in [-0.05, 0) is 26.2 Å². The van der Waals surface area contributed by atoms with E-state index in [1.807, 2.05) is 13.8 Å². The molecular formula is C10H18N2O. The summed E-state index contributed by atoms with van der Waals surface area (Å²) in [4.78, 5) is 2.47. The van der Waals surface area contributed by atoms with E-state index < -0.39 is 5.60 Å². The Kier molecular flexibility index (Phi) is 1.33. The third-order valence-corrected chi connectivity index (χ3v) is 3.90. The van der Waals surface area contributed by atoms with Crippen LogP contribution in [0, 0.1) is 5.92 Å². The first-order chi connectivity index (χ1) is 6.02. The summed E-state index contributed by atoms with van der Waals surface area (Å²) in [5.41, 5.74) is -0.0462. The Morgan fingerprint density at radius 3 is 2.92 bits per heavy atom. The lowest BCUT2D eigenvalue weighted by Gasteiger charge is -2.49. The van der Waals surface area contributed by atoms with Crippen LogP contribution in [0.2, 0.25) is 0 Å². The fraction of sp³-hybridized carbons (Fsp3) is 1.00. The van der Waals surface area contributed by atoms with Gasteiger partial charge in [0.25, 0.3) is 0 Å². The molecular weight excluding hydrogens is 164 g/mol. The summed E-state index contributed by atoms with van der Waals surface area (Å²) in [7, 11) is 0. The van der Waals surface area contributed by atoms with Gasteiger partial charge in [0.05, 0.1) is 5.60 Å². The predicted molar refractivity (Wildman–Crippen MR) is 50.5 cm³/mol. The highest BCUT2D eigenvalue weighted by Crippen LogP contribution is 2.59. The van der Waals surface area contributed by atoms with Gasteiger partial charge in [-0.15, -0.1) is 0 Å². The number of hydrogen-bond donors (Lipinski definition) is 2. The summed E-state index contributed by atoms with van der Waals surface area (Å²) in [5.74, 6) is 0.883. The van der Waals surface area contributed by atoms with Crippen molar-refractivity contribution in [3.63, 3.8) is 0 Å². The maximum absolute atomic E-state index is 9.74. The van der Waals surface area contributed by atoms with E-state index in [0.717, 1.165) is 25.0 Å². The van der Waals surface area contributed by atoms with Gasteiger partial charge in [0.1, 0.15) is 0 Å². The van der Waals surface area contributed by atoms with E-state index in [1.165, 1.54) is 13.0 Å². The van der Waals surface area contributed by atoms with Crippen LogP contribution in [0.25, 0.3) is 0 Å². The standard InChI is InChI=1S/C10H18N2O/c1-9(2,13)6-12-5-8-10(12)3-7(10)4-11-8/h7-8,11,13H,3-6H2,1-2H3/t7-,8+,10?/m0/s1. The molecule has 0 bridgehead atoms. The fourth-order valence-corrected chi connectivity index (χ4v) is 3.26. The molecule has 2 heterocycles. The Morgan fingerprint density at radius 1 is 1.62 bits per heavy atom. The van der Waals surface area contributed by atoms with Crippen molar-refractivity contribution < 1.29 is 5.11 Å². The highest BCUT2D eigenvalue weighted by Gasteiger charge is 2.72. The molecule has 1 saturated carbocycles. The molecule has 0 aromatic heterocycles. The van der Waals surface area contributed by atoms with Crippen molar-refractivity contribution in [1.29, 1.82) is 0 Å². The zero-order chi connectivity index (χ0) is 9.27. The van der Waals surface area contributed by atoms with E-state index in [2.05, 4.69) is 10.2 Å². The molecule has 0 aromatic rings. The zero-order valence-electron chi connectivity index (χ0n) is 8.38. The minimum Gasteiger partial charge on any atom is -0.389 e. The summed E-state index contributed by atoms with van der Waals surface area (Å²) in [5, 5.41) is 13.3. The van der Waals surface area contributed by atoms with Gasteiger partial charge in [-0.25, -0.2) is 0 Å². The molecule has 1 aliphatic carbocycles. The Hall–Kier alpha value is -0.120. The van der Waals surface area contributed by atoms with Crippen molar-refractivity contribution in [2.75, 3.05) is 19.6 Å². The van der Waals surface area contributed by atoms with Gasteiger partial charge in [-0.2, -0.15) is 0 Å². The molecule has 2 N–H and O–H groups in total. The molecule has 1 spiro atoms. The Balaban J connectivity index is 1.70. The van der Waals surface area contributed by atoms with Crippen LogP contribution in [0.1, 0.15) is 20.3 Å². The van der Waals surface area contributed by atoms with E-state index in [0.29, 0.717) is 5.54 Å². The molecule has 13 heavy (non-hydrogen) atoms. The van der Waals surface area contributed by atoms with Crippen molar-refractivity contribution in [2.24, 2.45) is 5.92 Å². The lowest BCUT2D eigenvalue weighted by atomic mass is 9.91. The number of aliphatic hydroxyl groups is 1. The molecule has 0 aromatic carbocycles. The molecule has 2 aliphatic heterocycles. The topological polar surface area (TPSA) is 35.5 Å². The molecule has 2 saturated heterocycles.